The van der Waals surface area contributed by atoms with E-state index in [-0.39, 0.29) is 17.7 Å². The monoisotopic (exact) mass is 268 g/mol. The Hall–Kier alpha value is -0.810. The highest BCUT2D eigenvalue weighted by Crippen LogP contribution is 2.33. The van der Waals surface area contributed by atoms with Crippen molar-refractivity contribution in [3.8, 4) is 0 Å². The van der Waals surface area contributed by atoms with E-state index in [9.17, 15) is 4.79 Å². The third kappa shape index (κ3) is 2.87. The summed E-state index contributed by atoms with van der Waals surface area (Å²) >= 11 is 0. The first-order valence-electron chi connectivity index (χ1n) is 7.51. The number of rotatable bonds is 3. The predicted octanol–water partition coefficient (Wildman–Crippen LogP) is 1.52. The van der Waals surface area contributed by atoms with Gasteiger partial charge in [-0.3, -0.25) is 0 Å². The van der Waals surface area contributed by atoms with Crippen LogP contribution in [0.4, 0.5) is 4.79 Å². The van der Waals surface area contributed by atoms with Crippen molar-refractivity contribution in [1.82, 2.24) is 10.2 Å². The van der Waals surface area contributed by atoms with E-state index in [1.807, 2.05) is 11.8 Å². The Labute approximate surface area is 114 Å². The Bertz CT molecular complexity index is 338. The number of nitrogens with one attached hydrogen (secondary N) is 1. The van der Waals surface area contributed by atoms with Crippen LogP contribution in [-0.4, -0.2) is 55.0 Å². The molecule has 0 radical (unpaired) electrons. The quantitative estimate of drug-likeness (QED) is 0.844. The summed E-state index contributed by atoms with van der Waals surface area (Å²) in [6, 6.07) is 0.815. The van der Waals surface area contributed by atoms with Gasteiger partial charge in [0.2, 0.25) is 0 Å². The normalized spacial score (nSPS) is 34.5. The van der Waals surface area contributed by atoms with Gasteiger partial charge in [0.15, 0.2) is 0 Å². The van der Waals surface area contributed by atoms with E-state index in [1.54, 1.807) is 0 Å². The van der Waals surface area contributed by atoms with Crippen LogP contribution in [0.25, 0.3) is 0 Å². The van der Waals surface area contributed by atoms with Gasteiger partial charge in [-0.05, 0) is 32.6 Å². The number of hydrogen-bond donors (Lipinski definition) is 1. The highest BCUT2D eigenvalue weighted by atomic mass is 16.6. The van der Waals surface area contributed by atoms with Gasteiger partial charge in [-0.2, -0.15) is 0 Å². The number of amides is 2. The molecule has 108 valence electrons. The van der Waals surface area contributed by atoms with Gasteiger partial charge in [0.25, 0.3) is 0 Å². The molecule has 0 aromatic rings. The first kappa shape index (κ1) is 13.2. The Morgan fingerprint density at radius 1 is 1.37 bits per heavy atom. The number of urea groups is 1. The van der Waals surface area contributed by atoms with E-state index in [0.29, 0.717) is 12.6 Å². The van der Waals surface area contributed by atoms with Crippen LogP contribution in [0.15, 0.2) is 0 Å². The van der Waals surface area contributed by atoms with Gasteiger partial charge in [-0.1, -0.05) is 0 Å². The molecule has 1 aliphatic carbocycles. The van der Waals surface area contributed by atoms with Crippen molar-refractivity contribution in [2.75, 3.05) is 26.4 Å². The van der Waals surface area contributed by atoms with Crippen molar-refractivity contribution < 1.29 is 14.3 Å². The van der Waals surface area contributed by atoms with E-state index >= 15 is 0 Å². The van der Waals surface area contributed by atoms with Crippen molar-refractivity contribution >= 4 is 6.03 Å². The fourth-order valence-electron chi connectivity index (χ4n) is 3.23. The summed E-state index contributed by atoms with van der Waals surface area (Å²) in [5, 5.41) is 3.19. The number of hydrogen-bond acceptors (Lipinski definition) is 3. The minimum atomic E-state index is -0.132. The molecular weight excluding hydrogens is 244 g/mol. The zero-order valence-corrected chi connectivity index (χ0v) is 11.7. The van der Waals surface area contributed by atoms with Crippen LogP contribution in [0, 0.1) is 0 Å². The van der Waals surface area contributed by atoms with Crippen molar-refractivity contribution in [2.24, 2.45) is 0 Å². The standard InChI is InChI=1S/C14H24N2O3/c1-2-16(12-3-4-12)13(17)15-11-5-7-19-14(9-11)6-8-18-10-14/h11-12H,2-10H2,1H3,(H,15,17)/t11-,14+/m0/s1. The van der Waals surface area contributed by atoms with Crippen LogP contribution < -0.4 is 5.32 Å². The molecule has 1 saturated carbocycles. The molecule has 2 heterocycles. The van der Waals surface area contributed by atoms with Gasteiger partial charge in [0, 0.05) is 38.3 Å². The lowest BCUT2D eigenvalue weighted by Gasteiger charge is -2.38. The predicted molar refractivity (Wildman–Crippen MR) is 71.1 cm³/mol. The molecule has 2 saturated heterocycles. The van der Waals surface area contributed by atoms with Crippen LogP contribution in [0.2, 0.25) is 0 Å². The average molecular weight is 268 g/mol. The van der Waals surface area contributed by atoms with Gasteiger partial charge in [0.05, 0.1) is 12.2 Å². The van der Waals surface area contributed by atoms with Crippen molar-refractivity contribution in [1.29, 1.82) is 0 Å². The number of ether oxygens (including phenoxy) is 2. The summed E-state index contributed by atoms with van der Waals surface area (Å²) in [4.78, 5) is 14.2. The van der Waals surface area contributed by atoms with E-state index in [0.717, 1.165) is 51.9 Å². The van der Waals surface area contributed by atoms with Crippen LogP contribution in [0.5, 0.6) is 0 Å². The summed E-state index contributed by atoms with van der Waals surface area (Å²) in [5.74, 6) is 0. The molecule has 2 aliphatic heterocycles. The van der Waals surface area contributed by atoms with Gasteiger partial charge in [-0.25, -0.2) is 4.79 Å². The molecule has 3 fully saturated rings. The van der Waals surface area contributed by atoms with Crippen LogP contribution >= 0.6 is 0 Å². The Kier molecular flexibility index (Phi) is 3.67. The number of nitrogens with zero attached hydrogens (tertiary/aromatic N) is 1. The van der Waals surface area contributed by atoms with Crippen LogP contribution in [0.3, 0.4) is 0 Å². The maximum atomic E-state index is 12.3. The van der Waals surface area contributed by atoms with Crippen molar-refractivity contribution in [2.45, 2.75) is 56.7 Å². The molecular formula is C14H24N2O3. The van der Waals surface area contributed by atoms with Gasteiger partial charge >= 0.3 is 6.03 Å². The van der Waals surface area contributed by atoms with Crippen molar-refractivity contribution in [3.63, 3.8) is 0 Å². The van der Waals surface area contributed by atoms with E-state index in [4.69, 9.17) is 9.47 Å². The summed E-state index contributed by atoms with van der Waals surface area (Å²) < 4.78 is 11.4. The number of carbonyl (C=O) groups is 1. The third-order valence-electron chi connectivity index (χ3n) is 4.48. The second-order valence-corrected chi connectivity index (χ2v) is 5.99. The topological polar surface area (TPSA) is 50.8 Å². The first-order chi connectivity index (χ1) is 9.22. The maximum absolute atomic E-state index is 12.3. The second kappa shape index (κ2) is 5.29. The summed E-state index contributed by atoms with van der Waals surface area (Å²) in [5.41, 5.74) is -0.132. The smallest absolute Gasteiger partial charge is 0.317 e. The molecule has 5 nitrogen and oxygen atoms in total. The molecule has 0 aromatic heterocycles. The zero-order chi connectivity index (χ0) is 13.3. The van der Waals surface area contributed by atoms with E-state index in [1.165, 1.54) is 0 Å². The van der Waals surface area contributed by atoms with E-state index < -0.39 is 0 Å². The van der Waals surface area contributed by atoms with Gasteiger partial charge < -0.3 is 19.7 Å². The molecule has 2 atom stereocenters. The summed E-state index contributed by atoms with van der Waals surface area (Å²) in [7, 11) is 0. The maximum Gasteiger partial charge on any atom is 0.317 e. The van der Waals surface area contributed by atoms with E-state index in [2.05, 4.69) is 5.32 Å². The molecule has 0 unspecified atom stereocenters. The molecule has 0 aromatic carbocycles. The Balaban J connectivity index is 1.55. The average Bonchev–Trinajstić information content (AvgIpc) is 3.13. The first-order valence-corrected chi connectivity index (χ1v) is 7.51. The fourth-order valence-corrected chi connectivity index (χ4v) is 3.23. The highest BCUT2D eigenvalue weighted by Gasteiger charge is 2.42. The van der Waals surface area contributed by atoms with Crippen LogP contribution in [-0.2, 0) is 9.47 Å². The molecule has 19 heavy (non-hydrogen) atoms. The lowest BCUT2D eigenvalue weighted by Crippen LogP contribution is -2.52. The SMILES string of the molecule is CCN(C(=O)N[C@H]1CCO[C@]2(CCOC2)C1)C1CC1. The zero-order valence-electron chi connectivity index (χ0n) is 11.7. The summed E-state index contributed by atoms with van der Waals surface area (Å²) in [6.45, 7) is 5.04. The van der Waals surface area contributed by atoms with Crippen LogP contribution in [0.1, 0.15) is 39.0 Å². The lowest BCUT2D eigenvalue weighted by atomic mass is 9.90. The third-order valence-corrected chi connectivity index (χ3v) is 4.48. The second-order valence-electron chi connectivity index (χ2n) is 5.99. The molecule has 5 heteroatoms. The molecule has 1 spiro atoms. The van der Waals surface area contributed by atoms with Gasteiger partial charge in [0.1, 0.15) is 0 Å². The molecule has 3 aliphatic rings. The van der Waals surface area contributed by atoms with Gasteiger partial charge in [-0.15, -0.1) is 0 Å². The molecule has 2 amide bonds. The molecule has 1 N–H and O–H groups in total. The number of carbonyl (C=O) groups excluding carboxylic acids is 1. The minimum Gasteiger partial charge on any atom is -0.378 e. The summed E-state index contributed by atoms with van der Waals surface area (Å²) in [6.07, 6.45) is 5.08. The molecule has 3 rings (SSSR count). The lowest BCUT2D eigenvalue weighted by molar-refractivity contribution is -0.0881. The highest BCUT2D eigenvalue weighted by molar-refractivity contribution is 5.75. The van der Waals surface area contributed by atoms with Crippen molar-refractivity contribution in [3.05, 3.63) is 0 Å². The largest absolute Gasteiger partial charge is 0.378 e. The Morgan fingerprint density at radius 2 is 2.21 bits per heavy atom. The molecule has 0 bridgehead atoms. The Morgan fingerprint density at radius 3 is 2.84 bits per heavy atom. The fraction of sp³-hybridized carbons (Fsp3) is 0.929. The minimum absolute atomic E-state index is 0.103.